The van der Waals surface area contributed by atoms with Crippen molar-refractivity contribution in [3.63, 3.8) is 0 Å². The van der Waals surface area contributed by atoms with Crippen LogP contribution in [0.1, 0.15) is 27.9 Å². The van der Waals surface area contributed by atoms with Crippen LogP contribution in [0.2, 0.25) is 0 Å². The third kappa shape index (κ3) is 4.86. The molecule has 0 radical (unpaired) electrons. The summed E-state index contributed by atoms with van der Waals surface area (Å²) in [6.07, 6.45) is 2.97. The lowest BCUT2D eigenvalue weighted by atomic mass is 9.94. The largest absolute Gasteiger partial charge is 0.489 e. The molecule has 0 saturated heterocycles. The predicted octanol–water partition coefficient (Wildman–Crippen LogP) is 3.72. The molecule has 3 rings (SSSR count). The molecule has 2 aromatic carbocycles. The van der Waals surface area contributed by atoms with E-state index in [0.717, 1.165) is 33.5 Å². The first kappa shape index (κ1) is 20.2. The number of ether oxygens (including phenoxy) is 1. The lowest BCUT2D eigenvalue weighted by Crippen LogP contribution is -2.05. The number of nitrogens with zero attached hydrogens (tertiary/aromatic N) is 1. The fourth-order valence-corrected chi connectivity index (χ4v) is 3.26. The Kier molecular flexibility index (Phi) is 6.36. The lowest BCUT2D eigenvalue weighted by Gasteiger charge is -2.15. The van der Waals surface area contributed by atoms with Crippen molar-refractivity contribution in [2.75, 3.05) is 0 Å². The number of carbonyl (C=O) groups is 1. The van der Waals surface area contributed by atoms with Crippen molar-refractivity contribution in [1.82, 2.24) is 4.98 Å². The SMILES string of the molecule is Cc1cc(COc2ccccc2CC(=O)O)cc(-c2ccnc(CN)c2)c1C=N. The molecule has 1 aromatic heterocycles. The van der Waals surface area contributed by atoms with Crippen LogP contribution in [0.3, 0.4) is 0 Å². The number of carboxylic acids is 1. The van der Waals surface area contributed by atoms with Gasteiger partial charge in [-0.15, -0.1) is 0 Å². The molecular weight excluding hydrogens is 366 g/mol. The first-order chi connectivity index (χ1) is 14.0. The van der Waals surface area contributed by atoms with Crippen LogP contribution < -0.4 is 10.5 Å². The fourth-order valence-electron chi connectivity index (χ4n) is 3.26. The number of nitrogens with one attached hydrogen (secondary N) is 1. The van der Waals surface area contributed by atoms with E-state index >= 15 is 0 Å². The van der Waals surface area contributed by atoms with E-state index in [9.17, 15) is 4.79 Å². The highest BCUT2D eigenvalue weighted by atomic mass is 16.5. The fraction of sp³-hybridized carbons (Fsp3) is 0.174. The third-order valence-electron chi connectivity index (χ3n) is 4.64. The number of benzene rings is 2. The Balaban J connectivity index is 1.93. The van der Waals surface area contributed by atoms with Crippen LogP contribution in [0, 0.1) is 12.3 Å². The molecule has 0 aliphatic rings. The van der Waals surface area contributed by atoms with E-state index in [2.05, 4.69) is 4.98 Å². The van der Waals surface area contributed by atoms with Crippen molar-refractivity contribution in [2.45, 2.75) is 26.5 Å². The standard InChI is InChI=1S/C23H23N3O3/c1-15-8-16(14-29-22-5-3-2-4-18(22)11-23(27)28)9-20(21(15)13-25)17-6-7-26-19(10-17)12-24/h2-10,13,25H,11-12,14,24H2,1H3,(H,27,28). The number of aliphatic carboxylic acids is 1. The maximum absolute atomic E-state index is 11.1. The zero-order valence-corrected chi connectivity index (χ0v) is 16.2. The molecule has 3 aromatic rings. The van der Waals surface area contributed by atoms with Crippen LogP contribution in [-0.4, -0.2) is 22.3 Å². The number of hydrogen-bond donors (Lipinski definition) is 3. The van der Waals surface area contributed by atoms with E-state index in [-0.39, 0.29) is 13.0 Å². The summed E-state index contributed by atoms with van der Waals surface area (Å²) in [5.74, 6) is -0.345. The normalized spacial score (nSPS) is 10.6. The van der Waals surface area contributed by atoms with Crippen LogP contribution in [0.25, 0.3) is 11.1 Å². The minimum Gasteiger partial charge on any atom is -0.489 e. The topological polar surface area (TPSA) is 109 Å². The van der Waals surface area contributed by atoms with Crippen molar-refractivity contribution in [1.29, 1.82) is 5.41 Å². The van der Waals surface area contributed by atoms with Gasteiger partial charge in [-0.2, -0.15) is 0 Å². The highest BCUT2D eigenvalue weighted by molar-refractivity contribution is 5.91. The monoisotopic (exact) mass is 389 g/mol. The Morgan fingerprint density at radius 3 is 2.76 bits per heavy atom. The smallest absolute Gasteiger partial charge is 0.307 e. The lowest BCUT2D eigenvalue weighted by molar-refractivity contribution is -0.136. The van der Waals surface area contributed by atoms with Crippen LogP contribution in [0.4, 0.5) is 0 Å². The summed E-state index contributed by atoms with van der Waals surface area (Å²) < 4.78 is 5.94. The highest BCUT2D eigenvalue weighted by Crippen LogP contribution is 2.28. The number of aryl methyl sites for hydroxylation is 1. The summed E-state index contributed by atoms with van der Waals surface area (Å²) >= 11 is 0. The second-order valence-corrected chi connectivity index (χ2v) is 6.73. The Morgan fingerprint density at radius 1 is 1.24 bits per heavy atom. The van der Waals surface area contributed by atoms with Crippen molar-refractivity contribution in [2.24, 2.45) is 5.73 Å². The van der Waals surface area contributed by atoms with Gasteiger partial charge in [0.25, 0.3) is 0 Å². The summed E-state index contributed by atoms with van der Waals surface area (Å²) in [7, 11) is 0. The first-order valence-electron chi connectivity index (χ1n) is 9.23. The number of pyridine rings is 1. The van der Waals surface area contributed by atoms with Gasteiger partial charge in [-0.05, 0) is 53.4 Å². The molecule has 0 saturated carbocycles. The van der Waals surface area contributed by atoms with E-state index in [4.69, 9.17) is 21.0 Å². The molecule has 0 aliphatic carbocycles. The van der Waals surface area contributed by atoms with Crippen LogP contribution in [0.15, 0.2) is 54.7 Å². The molecule has 0 bridgehead atoms. The average molecular weight is 389 g/mol. The van der Waals surface area contributed by atoms with Gasteiger partial charge in [-0.3, -0.25) is 9.78 Å². The molecule has 0 fully saturated rings. The quantitative estimate of drug-likeness (QED) is 0.509. The molecule has 6 heteroatoms. The summed E-state index contributed by atoms with van der Waals surface area (Å²) in [4.78, 5) is 15.3. The number of nitrogens with two attached hydrogens (primary N) is 1. The second kappa shape index (κ2) is 9.12. The Hall–Kier alpha value is -3.51. The van der Waals surface area contributed by atoms with Gasteiger partial charge in [0.1, 0.15) is 12.4 Å². The van der Waals surface area contributed by atoms with Gasteiger partial charge >= 0.3 is 5.97 Å². The minimum atomic E-state index is -0.900. The number of aromatic nitrogens is 1. The van der Waals surface area contributed by atoms with Gasteiger partial charge in [0.2, 0.25) is 0 Å². The summed E-state index contributed by atoms with van der Waals surface area (Å²) in [6, 6.07) is 14.9. The van der Waals surface area contributed by atoms with E-state index in [1.54, 1.807) is 24.4 Å². The summed E-state index contributed by atoms with van der Waals surface area (Å²) in [5, 5.41) is 16.9. The molecule has 148 valence electrons. The molecular formula is C23H23N3O3. The third-order valence-corrected chi connectivity index (χ3v) is 4.64. The Labute approximate surface area is 169 Å². The van der Waals surface area contributed by atoms with Gasteiger partial charge in [0.05, 0.1) is 12.1 Å². The first-order valence-corrected chi connectivity index (χ1v) is 9.23. The highest BCUT2D eigenvalue weighted by Gasteiger charge is 2.12. The summed E-state index contributed by atoms with van der Waals surface area (Å²) in [5.41, 5.74) is 11.7. The van der Waals surface area contributed by atoms with Crippen molar-refractivity contribution < 1.29 is 14.6 Å². The minimum absolute atomic E-state index is 0.0912. The summed E-state index contributed by atoms with van der Waals surface area (Å²) in [6.45, 7) is 2.59. The van der Waals surface area contributed by atoms with Crippen molar-refractivity contribution in [3.05, 3.63) is 82.7 Å². The van der Waals surface area contributed by atoms with Gasteiger partial charge in [-0.1, -0.05) is 24.3 Å². The molecule has 0 unspecified atom stereocenters. The van der Waals surface area contributed by atoms with E-state index < -0.39 is 5.97 Å². The van der Waals surface area contributed by atoms with E-state index in [1.165, 1.54) is 6.21 Å². The second-order valence-electron chi connectivity index (χ2n) is 6.73. The average Bonchev–Trinajstić information content (AvgIpc) is 2.72. The van der Waals surface area contributed by atoms with Gasteiger partial charge < -0.3 is 21.0 Å². The van der Waals surface area contributed by atoms with Crippen LogP contribution >= 0.6 is 0 Å². The predicted molar refractivity (Wildman–Crippen MR) is 112 cm³/mol. The molecule has 0 spiro atoms. The molecule has 4 N–H and O–H groups in total. The maximum Gasteiger partial charge on any atom is 0.307 e. The molecule has 0 aliphatic heterocycles. The van der Waals surface area contributed by atoms with Crippen molar-refractivity contribution in [3.8, 4) is 16.9 Å². The van der Waals surface area contributed by atoms with Crippen molar-refractivity contribution >= 4 is 12.2 Å². The van der Waals surface area contributed by atoms with E-state index in [1.807, 2.05) is 37.3 Å². The maximum atomic E-state index is 11.1. The van der Waals surface area contributed by atoms with E-state index in [0.29, 0.717) is 17.9 Å². The Bertz CT molecular complexity index is 1050. The Morgan fingerprint density at radius 2 is 2.03 bits per heavy atom. The molecule has 0 atom stereocenters. The number of para-hydroxylation sites is 1. The van der Waals surface area contributed by atoms with Gasteiger partial charge in [0.15, 0.2) is 0 Å². The molecule has 1 heterocycles. The van der Waals surface area contributed by atoms with Crippen LogP contribution in [-0.2, 0) is 24.4 Å². The molecule has 6 nitrogen and oxygen atoms in total. The number of carboxylic acid groups (broad SMARTS) is 1. The zero-order valence-electron chi connectivity index (χ0n) is 16.2. The van der Waals surface area contributed by atoms with Crippen LogP contribution in [0.5, 0.6) is 5.75 Å². The number of hydrogen-bond acceptors (Lipinski definition) is 5. The zero-order chi connectivity index (χ0) is 20.8. The number of rotatable bonds is 8. The van der Waals surface area contributed by atoms with Gasteiger partial charge in [0, 0.05) is 30.1 Å². The van der Waals surface area contributed by atoms with Gasteiger partial charge in [-0.25, -0.2) is 0 Å². The molecule has 29 heavy (non-hydrogen) atoms. The molecule has 0 amide bonds.